The molecule has 1 fully saturated rings. The van der Waals surface area contributed by atoms with Gasteiger partial charge in [-0.3, -0.25) is 4.79 Å². The van der Waals surface area contributed by atoms with Gasteiger partial charge in [0.15, 0.2) is 0 Å². The minimum atomic E-state index is -0.156. The number of amides is 1. The van der Waals surface area contributed by atoms with Gasteiger partial charge >= 0.3 is 0 Å². The van der Waals surface area contributed by atoms with E-state index in [1.165, 1.54) is 0 Å². The van der Waals surface area contributed by atoms with Crippen LogP contribution in [0, 0.1) is 5.41 Å². The zero-order valence-electron chi connectivity index (χ0n) is 13.1. The third-order valence-corrected chi connectivity index (χ3v) is 4.11. The largest absolute Gasteiger partial charge is 0.334 e. The van der Waals surface area contributed by atoms with E-state index in [0.717, 1.165) is 38.8 Å². The molecule has 19 heavy (non-hydrogen) atoms. The van der Waals surface area contributed by atoms with E-state index in [0.29, 0.717) is 12.5 Å². The molecule has 0 spiro atoms. The molecule has 0 unspecified atom stereocenters. The zero-order chi connectivity index (χ0) is 14.5. The Morgan fingerprint density at radius 1 is 1.37 bits per heavy atom. The fourth-order valence-corrected chi connectivity index (χ4v) is 3.03. The number of piperidine rings is 1. The monoisotopic (exact) mass is 266 g/mol. The summed E-state index contributed by atoms with van der Waals surface area (Å²) in [4.78, 5) is 15.1. The highest BCUT2D eigenvalue weighted by atomic mass is 16.2. The lowest BCUT2D eigenvalue weighted by molar-refractivity contribution is -0.148. The Morgan fingerprint density at radius 3 is 2.37 bits per heavy atom. The van der Waals surface area contributed by atoms with Gasteiger partial charge in [0, 0.05) is 12.1 Å². The maximum absolute atomic E-state index is 13.1. The van der Waals surface area contributed by atoms with E-state index in [1.54, 1.807) is 0 Å². The van der Waals surface area contributed by atoms with Gasteiger partial charge in [-0.15, -0.1) is 6.58 Å². The smallest absolute Gasteiger partial charge is 0.229 e. The van der Waals surface area contributed by atoms with Crippen molar-refractivity contribution >= 4 is 5.91 Å². The van der Waals surface area contributed by atoms with Crippen LogP contribution < -0.4 is 5.32 Å². The number of carbonyl (C=O) groups is 1. The molecule has 110 valence electrons. The van der Waals surface area contributed by atoms with Gasteiger partial charge in [-0.2, -0.15) is 0 Å². The van der Waals surface area contributed by atoms with Crippen LogP contribution in [0.4, 0.5) is 0 Å². The van der Waals surface area contributed by atoms with E-state index in [1.807, 2.05) is 11.0 Å². The molecule has 3 heteroatoms. The van der Waals surface area contributed by atoms with Crippen molar-refractivity contribution in [2.24, 2.45) is 5.41 Å². The van der Waals surface area contributed by atoms with Crippen LogP contribution in [0.5, 0.6) is 0 Å². The predicted molar refractivity (Wildman–Crippen MR) is 81.1 cm³/mol. The summed E-state index contributed by atoms with van der Waals surface area (Å²) in [7, 11) is 0. The first-order valence-electron chi connectivity index (χ1n) is 7.51. The molecule has 0 aromatic rings. The van der Waals surface area contributed by atoms with Crippen LogP contribution >= 0.6 is 0 Å². The maximum atomic E-state index is 13.1. The van der Waals surface area contributed by atoms with E-state index >= 15 is 0 Å². The van der Waals surface area contributed by atoms with Gasteiger partial charge in [0.2, 0.25) is 5.91 Å². The highest BCUT2D eigenvalue weighted by Gasteiger charge is 2.43. The van der Waals surface area contributed by atoms with Gasteiger partial charge in [-0.25, -0.2) is 0 Å². The Hall–Kier alpha value is -0.830. The van der Waals surface area contributed by atoms with Gasteiger partial charge in [0.25, 0.3) is 0 Å². The van der Waals surface area contributed by atoms with Crippen molar-refractivity contribution in [1.29, 1.82) is 0 Å². The number of rotatable bonds is 5. The molecule has 1 aliphatic rings. The number of carbonyl (C=O) groups excluding carboxylic acids is 1. The van der Waals surface area contributed by atoms with Crippen LogP contribution in [-0.2, 0) is 4.79 Å². The van der Waals surface area contributed by atoms with Crippen molar-refractivity contribution in [3.63, 3.8) is 0 Å². The lowest BCUT2D eigenvalue weighted by Crippen LogP contribution is -2.55. The van der Waals surface area contributed by atoms with Crippen LogP contribution in [0.15, 0.2) is 12.7 Å². The molecule has 1 heterocycles. The van der Waals surface area contributed by atoms with E-state index in [2.05, 4.69) is 39.6 Å². The highest BCUT2D eigenvalue weighted by molar-refractivity contribution is 5.83. The second kappa shape index (κ2) is 6.56. The third kappa shape index (κ3) is 3.82. The molecule has 0 radical (unpaired) electrons. The molecular weight excluding hydrogens is 236 g/mol. The van der Waals surface area contributed by atoms with Gasteiger partial charge in [0.1, 0.15) is 0 Å². The number of hydrogen-bond donors (Lipinski definition) is 1. The van der Waals surface area contributed by atoms with Gasteiger partial charge in [0.05, 0.1) is 5.41 Å². The molecule has 1 aliphatic heterocycles. The molecule has 1 saturated heterocycles. The van der Waals surface area contributed by atoms with Crippen LogP contribution in [0.1, 0.15) is 53.4 Å². The van der Waals surface area contributed by atoms with Crippen LogP contribution in [0.3, 0.4) is 0 Å². The number of nitrogens with one attached hydrogen (secondary N) is 1. The van der Waals surface area contributed by atoms with Crippen molar-refractivity contribution in [3.8, 4) is 0 Å². The first-order valence-corrected chi connectivity index (χ1v) is 7.51. The molecule has 0 saturated carbocycles. The van der Waals surface area contributed by atoms with E-state index in [-0.39, 0.29) is 11.0 Å². The summed E-state index contributed by atoms with van der Waals surface area (Å²) in [5.41, 5.74) is -0.298. The average Bonchev–Trinajstić information content (AvgIpc) is 2.35. The molecule has 3 nitrogen and oxygen atoms in total. The number of nitrogens with zero attached hydrogens (tertiary/aromatic N) is 1. The van der Waals surface area contributed by atoms with Crippen molar-refractivity contribution in [2.75, 3.05) is 19.6 Å². The van der Waals surface area contributed by atoms with Crippen LogP contribution in [-0.4, -0.2) is 36.0 Å². The minimum absolute atomic E-state index is 0.142. The van der Waals surface area contributed by atoms with E-state index in [4.69, 9.17) is 0 Å². The Bertz CT molecular complexity index is 306. The summed E-state index contributed by atoms with van der Waals surface area (Å²) >= 11 is 0. The molecule has 0 aromatic carbocycles. The Labute approximate surface area is 118 Å². The van der Waals surface area contributed by atoms with Crippen LogP contribution in [0.2, 0.25) is 0 Å². The Morgan fingerprint density at radius 2 is 1.95 bits per heavy atom. The second-order valence-electron chi connectivity index (χ2n) is 6.66. The molecule has 0 atom stereocenters. The fraction of sp³-hybridized carbons (Fsp3) is 0.812. The molecule has 0 aliphatic carbocycles. The van der Waals surface area contributed by atoms with Gasteiger partial charge in [-0.05, 0) is 53.1 Å². The first kappa shape index (κ1) is 16.2. The van der Waals surface area contributed by atoms with Crippen molar-refractivity contribution < 1.29 is 4.79 Å². The second-order valence-corrected chi connectivity index (χ2v) is 6.66. The standard InChI is InChI=1S/C16H30N2O/c1-6-8-16(9-11-17-12-10-16)14(19)18(13-7-2)15(3,4)5/h7,17H,2,6,8-13H2,1,3-5H3. The zero-order valence-corrected chi connectivity index (χ0v) is 13.1. The molecule has 1 rings (SSSR count). The lowest BCUT2D eigenvalue weighted by Gasteiger charge is -2.44. The van der Waals surface area contributed by atoms with Crippen molar-refractivity contribution in [3.05, 3.63) is 12.7 Å². The van der Waals surface area contributed by atoms with Crippen LogP contribution in [0.25, 0.3) is 0 Å². The quantitative estimate of drug-likeness (QED) is 0.776. The minimum Gasteiger partial charge on any atom is -0.334 e. The first-order chi connectivity index (χ1) is 8.87. The summed E-state index contributed by atoms with van der Waals surface area (Å²) < 4.78 is 0. The van der Waals surface area contributed by atoms with Gasteiger partial charge < -0.3 is 10.2 Å². The third-order valence-electron chi connectivity index (χ3n) is 4.11. The maximum Gasteiger partial charge on any atom is 0.229 e. The summed E-state index contributed by atoms with van der Waals surface area (Å²) in [6.07, 6.45) is 5.83. The summed E-state index contributed by atoms with van der Waals surface area (Å²) in [6.45, 7) is 14.8. The molecule has 1 amide bonds. The normalized spacial score (nSPS) is 18.9. The Balaban J connectivity index is 2.99. The molecule has 1 N–H and O–H groups in total. The van der Waals surface area contributed by atoms with E-state index in [9.17, 15) is 4.79 Å². The van der Waals surface area contributed by atoms with Crippen molar-refractivity contribution in [2.45, 2.75) is 58.9 Å². The van der Waals surface area contributed by atoms with E-state index < -0.39 is 0 Å². The Kier molecular flexibility index (Phi) is 5.60. The van der Waals surface area contributed by atoms with Crippen molar-refractivity contribution in [1.82, 2.24) is 10.2 Å². The SMILES string of the molecule is C=CCN(C(=O)C1(CCC)CCNCC1)C(C)(C)C. The molecular formula is C16H30N2O. The lowest BCUT2D eigenvalue weighted by atomic mass is 9.73. The topological polar surface area (TPSA) is 32.3 Å². The summed E-state index contributed by atoms with van der Waals surface area (Å²) in [5, 5.41) is 3.37. The fourth-order valence-electron chi connectivity index (χ4n) is 3.03. The highest BCUT2D eigenvalue weighted by Crippen LogP contribution is 2.37. The predicted octanol–water partition coefficient (Wildman–Crippen LogP) is 2.97. The number of hydrogen-bond acceptors (Lipinski definition) is 2. The summed E-state index contributed by atoms with van der Waals surface area (Å²) in [6, 6.07) is 0. The van der Waals surface area contributed by atoms with Gasteiger partial charge in [-0.1, -0.05) is 19.4 Å². The average molecular weight is 266 g/mol. The molecule has 0 bridgehead atoms. The molecule has 0 aromatic heterocycles. The summed E-state index contributed by atoms with van der Waals surface area (Å²) in [5.74, 6) is 0.322.